The summed E-state index contributed by atoms with van der Waals surface area (Å²) in [5, 5.41) is 52.8. The molecule has 12 nitrogen and oxygen atoms in total. The van der Waals surface area contributed by atoms with Crippen molar-refractivity contribution in [3.8, 4) is 0 Å². The van der Waals surface area contributed by atoms with Gasteiger partial charge in [-0.2, -0.15) is 0 Å². The topological polar surface area (TPSA) is 177 Å². The first-order valence-electron chi connectivity index (χ1n) is 11.2. The summed E-state index contributed by atoms with van der Waals surface area (Å²) in [5.74, 6) is 0. The lowest BCUT2D eigenvalue weighted by atomic mass is 10.3. The maximum atomic E-state index is 9.14. The largest absolute Gasteiger partial charge is 0.394 e. The normalized spacial score (nSPS) is 11.1. The molecule has 0 radical (unpaired) electrons. The van der Waals surface area contributed by atoms with Gasteiger partial charge in [0, 0.05) is 0 Å². The van der Waals surface area contributed by atoms with Crippen LogP contribution in [0, 0.1) is 0 Å². The SMILES string of the molecule is C.C.C.C.C.C.C.C.C.C.C.C.CC(O)COCC(COCC(C)O)OCC(C)O.OCCOCC(COCCO)OCCO. The third-order valence-electron chi connectivity index (χ3n) is 3.42. The summed E-state index contributed by atoms with van der Waals surface area (Å²) < 4.78 is 31.3. The summed E-state index contributed by atoms with van der Waals surface area (Å²) in [5.41, 5.74) is 0. The van der Waals surface area contributed by atoms with E-state index in [0.29, 0.717) is 13.2 Å². The monoisotopic (exact) mass is 683 g/mol. The van der Waals surface area contributed by atoms with Crippen LogP contribution in [0.25, 0.3) is 0 Å². The molecule has 0 fully saturated rings. The Morgan fingerprint density at radius 1 is 0.356 bits per heavy atom. The minimum atomic E-state index is -0.555. The van der Waals surface area contributed by atoms with Crippen molar-refractivity contribution in [1.82, 2.24) is 0 Å². The molecule has 0 amide bonds. The van der Waals surface area contributed by atoms with E-state index in [1.54, 1.807) is 20.8 Å². The molecule has 0 heterocycles. The van der Waals surface area contributed by atoms with Gasteiger partial charge in [-0.1, -0.05) is 89.1 Å². The van der Waals surface area contributed by atoms with E-state index < -0.39 is 18.3 Å². The Labute approximate surface area is 285 Å². The van der Waals surface area contributed by atoms with Gasteiger partial charge in [-0.05, 0) is 20.8 Å². The van der Waals surface area contributed by atoms with Crippen LogP contribution in [0.15, 0.2) is 0 Å². The van der Waals surface area contributed by atoms with Gasteiger partial charge in [-0.25, -0.2) is 0 Å². The Morgan fingerprint density at radius 3 is 0.889 bits per heavy atom. The van der Waals surface area contributed by atoms with Crippen molar-refractivity contribution in [2.75, 3.05) is 85.9 Å². The van der Waals surface area contributed by atoms with Gasteiger partial charge in [0.25, 0.3) is 0 Å². The van der Waals surface area contributed by atoms with Gasteiger partial charge in [0.05, 0.1) is 104 Å². The molecule has 45 heavy (non-hydrogen) atoms. The maximum Gasteiger partial charge on any atom is 0.104 e. The minimum Gasteiger partial charge on any atom is -0.394 e. The molecule has 0 bridgehead atoms. The molecule has 0 aromatic rings. The highest BCUT2D eigenvalue weighted by Gasteiger charge is 2.13. The van der Waals surface area contributed by atoms with Gasteiger partial charge in [0.1, 0.15) is 12.2 Å². The molecule has 0 aromatic heterocycles. The molecule has 0 saturated heterocycles. The molecule has 0 saturated carbocycles. The minimum absolute atomic E-state index is 0. The first kappa shape index (κ1) is 90.5. The van der Waals surface area contributed by atoms with Crippen molar-refractivity contribution in [3.63, 3.8) is 0 Å². The second kappa shape index (κ2) is 70.0. The standard InChI is InChI=1S/C12H26O6.C9H20O6.12CH4/c1-9(13)4-16-7-12(18-6-11(3)15)8-17-5-10(2)14;10-1-4-13-7-9(15-6-3-12)8-14-5-2-11;;;;;;;;;;;;/h9-15H,4-8H2,1-3H3;9-12H,1-8H2;12*1H4. The fraction of sp³-hybridized carbons (Fsp3) is 1.00. The van der Waals surface area contributed by atoms with Gasteiger partial charge in [-0.15, -0.1) is 0 Å². The van der Waals surface area contributed by atoms with Crippen molar-refractivity contribution < 1.29 is 59.1 Å². The third kappa shape index (κ3) is 80.5. The molecule has 12 heteroatoms. The van der Waals surface area contributed by atoms with Crippen LogP contribution in [0.4, 0.5) is 0 Å². The molecule has 6 N–H and O–H groups in total. The second-order valence-electron chi connectivity index (χ2n) is 7.39. The highest BCUT2D eigenvalue weighted by atomic mass is 16.6. The Morgan fingerprint density at radius 2 is 0.622 bits per heavy atom. The zero-order valence-corrected chi connectivity index (χ0v) is 20.2. The Kier molecular flexibility index (Phi) is 141. The van der Waals surface area contributed by atoms with Gasteiger partial charge in [0.15, 0.2) is 0 Å². The van der Waals surface area contributed by atoms with Gasteiger partial charge >= 0.3 is 0 Å². The molecule has 298 valence electrons. The van der Waals surface area contributed by atoms with Crippen molar-refractivity contribution >= 4 is 0 Å². The summed E-state index contributed by atoms with van der Waals surface area (Å²) in [6.07, 6.45) is -2.21. The highest BCUT2D eigenvalue weighted by molar-refractivity contribution is 4.59. The molecular formula is C33H94O12. The number of aliphatic hydroxyl groups is 6. The fourth-order valence-corrected chi connectivity index (χ4v) is 2.08. The molecule has 0 aliphatic carbocycles. The van der Waals surface area contributed by atoms with E-state index in [4.69, 9.17) is 59.1 Å². The molecule has 3 atom stereocenters. The molecule has 0 aliphatic rings. The van der Waals surface area contributed by atoms with E-state index in [2.05, 4.69) is 0 Å². The lowest BCUT2D eigenvalue weighted by Crippen LogP contribution is -2.31. The molecular weight excluding hydrogens is 588 g/mol. The van der Waals surface area contributed by atoms with Crippen molar-refractivity contribution in [1.29, 1.82) is 0 Å². The first-order valence-corrected chi connectivity index (χ1v) is 11.2. The van der Waals surface area contributed by atoms with Crippen molar-refractivity contribution in [2.24, 2.45) is 0 Å². The summed E-state index contributed by atoms with van der Waals surface area (Å²) >= 11 is 0. The van der Waals surface area contributed by atoms with Gasteiger partial charge < -0.3 is 59.1 Å². The van der Waals surface area contributed by atoms with E-state index in [1.807, 2.05) is 0 Å². The van der Waals surface area contributed by atoms with E-state index >= 15 is 0 Å². The van der Waals surface area contributed by atoms with Crippen LogP contribution in [-0.4, -0.2) is 147 Å². The van der Waals surface area contributed by atoms with Crippen molar-refractivity contribution in [2.45, 2.75) is 140 Å². The first-order chi connectivity index (χ1) is 15.8. The van der Waals surface area contributed by atoms with Crippen LogP contribution in [-0.2, 0) is 28.4 Å². The van der Waals surface area contributed by atoms with Crippen molar-refractivity contribution in [3.05, 3.63) is 0 Å². The maximum absolute atomic E-state index is 9.14. The average molecular weight is 683 g/mol. The van der Waals surface area contributed by atoms with Gasteiger partial charge in [-0.3, -0.25) is 0 Å². The summed E-state index contributed by atoms with van der Waals surface area (Å²) in [4.78, 5) is 0. The van der Waals surface area contributed by atoms with E-state index in [0.717, 1.165) is 0 Å². The number of hydrogen-bond donors (Lipinski definition) is 6. The Bertz CT molecular complexity index is 354. The third-order valence-corrected chi connectivity index (χ3v) is 3.42. The molecule has 0 aromatic carbocycles. The second-order valence-corrected chi connectivity index (χ2v) is 7.39. The zero-order chi connectivity index (χ0) is 25.3. The van der Waals surface area contributed by atoms with E-state index in [1.165, 1.54) is 0 Å². The molecule has 0 spiro atoms. The predicted molar refractivity (Wildman–Crippen MR) is 200 cm³/mol. The number of hydrogen-bond acceptors (Lipinski definition) is 12. The van der Waals surface area contributed by atoms with E-state index in [9.17, 15) is 0 Å². The van der Waals surface area contributed by atoms with E-state index in [-0.39, 0.29) is 174 Å². The van der Waals surface area contributed by atoms with Crippen LogP contribution in [0.1, 0.15) is 110 Å². The average Bonchev–Trinajstić information content (AvgIpc) is 2.75. The summed E-state index contributed by atoms with van der Waals surface area (Å²) in [6, 6.07) is 0. The predicted octanol–water partition coefficient (Wildman–Crippen LogP) is 5.56. The highest BCUT2D eigenvalue weighted by Crippen LogP contribution is 1.99. The Hall–Kier alpha value is -0.480. The van der Waals surface area contributed by atoms with Crippen LogP contribution >= 0.6 is 0 Å². The molecule has 0 aliphatic heterocycles. The quantitative estimate of drug-likeness (QED) is 0.0785. The van der Waals surface area contributed by atoms with Crippen LogP contribution < -0.4 is 0 Å². The molecule has 0 rings (SSSR count). The fourth-order valence-electron chi connectivity index (χ4n) is 2.08. The molecule has 3 unspecified atom stereocenters. The summed E-state index contributed by atoms with van der Waals surface area (Å²) in [6.45, 7) is 7.28. The summed E-state index contributed by atoms with van der Waals surface area (Å²) in [7, 11) is 0. The van der Waals surface area contributed by atoms with Crippen LogP contribution in [0.2, 0.25) is 0 Å². The Balaban J connectivity index is -0.0000000283. The van der Waals surface area contributed by atoms with Crippen LogP contribution in [0.3, 0.4) is 0 Å². The van der Waals surface area contributed by atoms with Crippen LogP contribution in [0.5, 0.6) is 0 Å². The number of ether oxygens (including phenoxy) is 6. The lowest BCUT2D eigenvalue weighted by molar-refractivity contribution is -0.0927. The zero-order valence-electron chi connectivity index (χ0n) is 20.2. The van der Waals surface area contributed by atoms with Gasteiger partial charge in [0.2, 0.25) is 0 Å². The smallest absolute Gasteiger partial charge is 0.104 e. The number of aliphatic hydroxyl groups excluding tert-OH is 6. The number of rotatable bonds is 22. The lowest BCUT2D eigenvalue weighted by Gasteiger charge is -2.20.